The first-order chi connectivity index (χ1) is 16.2. The Labute approximate surface area is 195 Å². The Morgan fingerprint density at radius 3 is 2.12 bits per heavy atom. The van der Waals surface area contributed by atoms with Gasteiger partial charge in [0.2, 0.25) is 0 Å². The molecule has 0 unspecified atom stereocenters. The van der Waals surface area contributed by atoms with E-state index in [2.05, 4.69) is 16.5 Å². The second-order valence-electron chi connectivity index (χ2n) is 7.99. The van der Waals surface area contributed by atoms with Crippen molar-refractivity contribution in [2.75, 3.05) is 45.4 Å². The van der Waals surface area contributed by atoms with Crippen LogP contribution >= 0.6 is 0 Å². The Morgan fingerprint density at radius 2 is 1.44 bits per heavy atom. The van der Waals surface area contributed by atoms with Gasteiger partial charge in [0.05, 0.1) is 39.1 Å². The molecule has 4 heterocycles. The summed E-state index contributed by atoms with van der Waals surface area (Å²) in [7, 11) is 6.53. The summed E-state index contributed by atoms with van der Waals surface area (Å²) in [6.45, 7) is 6.29. The maximum atomic E-state index is 12.6. The molecule has 1 aliphatic rings. The molecule has 1 amide bonds. The van der Waals surface area contributed by atoms with Crippen molar-refractivity contribution in [2.45, 2.75) is 13.1 Å². The number of carbonyl (C=O) groups is 1. The first-order valence-corrected chi connectivity index (χ1v) is 10.8. The average Bonchev–Trinajstić information content (AvgIpc) is 3.45. The maximum Gasteiger partial charge on any atom is 0.332 e. The first-order valence-electron chi connectivity index (χ1n) is 10.8. The molecule has 0 saturated carbocycles. The van der Waals surface area contributed by atoms with Crippen LogP contribution in [0, 0.1) is 0 Å². The number of hydrogen-bond donors (Lipinski definition) is 0. The van der Waals surface area contributed by atoms with E-state index >= 15 is 0 Å². The summed E-state index contributed by atoms with van der Waals surface area (Å²) in [5.74, 6) is 1.00. The fourth-order valence-corrected chi connectivity index (χ4v) is 3.84. The van der Waals surface area contributed by atoms with Crippen molar-refractivity contribution < 1.29 is 14.3 Å². The number of aryl methyl sites for hydroxylation is 1. The van der Waals surface area contributed by atoms with Crippen LogP contribution < -0.4 is 16.1 Å². The summed E-state index contributed by atoms with van der Waals surface area (Å²) >= 11 is 0. The molecule has 0 radical (unpaired) electrons. The highest BCUT2D eigenvalue weighted by Crippen LogP contribution is 2.28. The van der Waals surface area contributed by atoms with Gasteiger partial charge in [-0.1, -0.05) is 6.58 Å². The van der Waals surface area contributed by atoms with Crippen LogP contribution in [0.25, 0.3) is 11.2 Å². The topological polar surface area (TPSA) is 122 Å². The van der Waals surface area contributed by atoms with Crippen LogP contribution in [0.4, 0.5) is 5.82 Å². The number of amides is 1. The van der Waals surface area contributed by atoms with Gasteiger partial charge < -0.3 is 23.5 Å². The fourth-order valence-electron chi connectivity index (χ4n) is 3.84. The Morgan fingerprint density at radius 1 is 0.824 bits per heavy atom. The number of rotatable bonds is 9. The predicted molar refractivity (Wildman–Crippen MR) is 124 cm³/mol. The molecule has 0 N–H and O–H groups in total. The molecule has 0 fully saturated rings. The highest BCUT2D eigenvalue weighted by Gasteiger charge is 2.32. The van der Waals surface area contributed by atoms with Gasteiger partial charge in [0.1, 0.15) is 5.82 Å². The smallest absolute Gasteiger partial charge is 0.332 e. The minimum atomic E-state index is -0.416. The van der Waals surface area contributed by atoms with Crippen molar-refractivity contribution in [3.8, 4) is 0 Å². The number of ether oxygens (including phenoxy) is 2. The zero-order valence-corrected chi connectivity index (χ0v) is 19.7. The van der Waals surface area contributed by atoms with Gasteiger partial charge in [-0.25, -0.2) is 14.8 Å². The van der Waals surface area contributed by atoms with Crippen LogP contribution in [0.1, 0.15) is 10.5 Å². The molecule has 4 rings (SSSR count). The summed E-state index contributed by atoms with van der Waals surface area (Å²) < 4.78 is 17.1. The molecule has 0 aromatic carbocycles. The number of hydrogen-bond acceptors (Lipinski definition) is 8. The molecular weight excluding hydrogens is 444 g/mol. The van der Waals surface area contributed by atoms with Gasteiger partial charge >= 0.3 is 5.69 Å². The Hall–Kier alpha value is -3.71. The molecular formula is C21H28N8O5. The lowest BCUT2D eigenvalue weighted by molar-refractivity contribution is 0.0419. The number of anilines is 1. The van der Waals surface area contributed by atoms with Crippen LogP contribution in [0.5, 0.6) is 0 Å². The van der Waals surface area contributed by atoms with Gasteiger partial charge in [-0.05, 0) is 0 Å². The fraction of sp³-hybridized carbons (Fsp3) is 0.476. The number of nitrogens with zero attached hydrogens (tertiary/aromatic N) is 8. The molecule has 13 nitrogen and oxygen atoms in total. The summed E-state index contributed by atoms with van der Waals surface area (Å²) in [6.07, 6.45) is 3.16. The lowest BCUT2D eigenvalue weighted by Gasteiger charge is -2.32. The molecule has 1 aliphatic heterocycles. The van der Waals surface area contributed by atoms with Crippen LogP contribution in [-0.2, 0) is 36.7 Å². The minimum Gasteiger partial charge on any atom is -0.377 e. The molecule has 0 spiro atoms. The lowest BCUT2D eigenvalue weighted by Crippen LogP contribution is -2.41. The molecule has 0 bridgehead atoms. The predicted octanol–water partition coefficient (Wildman–Crippen LogP) is -0.643. The second kappa shape index (κ2) is 9.27. The Bertz CT molecular complexity index is 1360. The lowest BCUT2D eigenvalue weighted by atomic mass is 10.2. The quantitative estimate of drug-likeness (QED) is 0.377. The van der Waals surface area contributed by atoms with Crippen molar-refractivity contribution in [3.05, 3.63) is 51.6 Å². The summed E-state index contributed by atoms with van der Waals surface area (Å²) in [5.41, 5.74) is 0.413. The van der Waals surface area contributed by atoms with Gasteiger partial charge in [0.25, 0.3) is 11.5 Å². The van der Waals surface area contributed by atoms with E-state index in [0.717, 1.165) is 4.57 Å². The molecule has 0 atom stereocenters. The van der Waals surface area contributed by atoms with E-state index in [1.54, 1.807) is 34.5 Å². The van der Waals surface area contributed by atoms with E-state index in [-0.39, 0.29) is 11.5 Å². The zero-order chi connectivity index (χ0) is 24.6. The largest absolute Gasteiger partial charge is 0.377 e. The summed E-state index contributed by atoms with van der Waals surface area (Å²) in [6, 6.07) is 0. The highest BCUT2D eigenvalue weighted by atomic mass is 16.5. The van der Waals surface area contributed by atoms with Crippen molar-refractivity contribution in [1.82, 2.24) is 33.1 Å². The molecule has 3 aromatic rings. The third-order valence-corrected chi connectivity index (χ3v) is 5.96. The van der Waals surface area contributed by atoms with E-state index in [4.69, 9.17) is 9.47 Å². The van der Waals surface area contributed by atoms with Gasteiger partial charge in [0.15, 0.2) is 22.7 Å². The third kappa shape index (κ3) is 3.92. The van der Waals surface area contributed by atoms with Crippen molar-refractivity contribution >= 4 is 22.9 Å². The highest BCUT2D eigenvalue weighted by molar-refractivity contribution is 6.01. The Balaban J connectivity index is 1.23. The van der Waals surface area contributed by atoms with Crippen molar-refractivity contribution in [1.29, 1.82) is 0 Å². The molecule has 3 aromatic heterocycles. The first kappa shape index (κ1) is 23.4. The molecule has 34 heavy (non-hydrogen) atoms. The van der Waals surface area contributed by atoms with Crippen molar-refractivity contribution in [3.63, 3.8) is 0 Å². The maximum absolute atomic E-state index is 12.6. The Kier molecular flexibility index (Phi) is 6.39. The van der Waals surface area contributed by atoms with Crippen LogP contribution in [0.3, 0.4) is 0 Å². The van der Waals surface area contributed by atoms with Crippen LogP contribution in [0.15, 0.2) is 34.6 Å². The zero-order valence-electron chi connectivity index (χ0n) is 19.7. The number of imidazole rings is 2. The van der Waals surface area contributed by atoms with E-state index in [9.17, 15) is 14.4 Å². The number of aromatic nitrogens is 6. The summed E-state index contributed by atoms with van der Waals surface area (Å²) in [5, 5.41) is 0. The second-order valence-corrected chi connectivity index (χ2v) is 7.99. The van der Waals surface area contributed by atoms with Crippen molar-refractivity contribution in [2.24, 2.45) is 14.1 Å². The number of carbonyl (C=O) groups excluding carboxylic acids is 1. The monoisotopic (exact) mass is 472 g/mol. The van der Waals surface area contributed by atoms with Gasteiger partial charge in [-0.3, -0.25) is 23.6 Å². The minimum absolute atomic E-state index is 0.152. The summed E-state index contributed by atoms with van der Waals surface area (Å²) in [4.78, 5) is 48.8. The van der Waals surface area contributed by atoms with Gasteiger partial charge in [-0.2, -0.15) is 0 Å². The van der Waals surface area contributed by atoms with E-state index < -0.39 is 5.69 Å². The average molecular weight is 473 g/mol. The van der Waals surface area contributed by atoms with Gasteiger partial charge in [-0.15, -0.1) is 0 Å². The number of fused-ring (bicyclic) bond motifs is 2. The molecule has 0 saturated heterocycles. The van der Waals surface area contributed by atoms with Gasteiger partial charge in [0, 0.05) is 41.3 Å². The van der Waals surface area contributed by atoms with Crippen LogP contribution in [0.2, 0.25) is 0 Å². The van der Waals surface area contributed by atoms with E-state index in [1.165, 1.54) is 22.8 Å². The van der Waals surface area contributed by atoms with E-state index in [0.29, 0.717) is 68.0 Å². The van der Waals surface area contributed by atoms with E-state index in [1.807, 2.05) is 7.05 Å². The standard InChI is InChI=1S/C21H28N8O5/c1-14-24(2)17-15(19(30)25(14)3)28(12-22-17)6-8-33-10-11-34-9-7-29-13-23-18-16(29)20(31)27(5)21(32)26(18)4/h12-13H,1,6-11H2,2-5H3. The normalized spacial score (nSPS) is 13.9. The molecule has 182 valence electrons. The van der Waals surface area contributed by atoms with Crippen LogP contribution in [-0.4, -0.2) is 79.6 Å². The SMILES string of the molecule is C=C1N(C)C(=O)c2c(ncn2CCOCCOCCn2cnc3c2c(=O)n(C)c(=O)n3C)N1C. The molecule has 0 aliphatic carbocycles. The third-order valence-electron chi connectivity index (χ3n) is 5.96. The molecule has 13 heteroatoms.